The summed E-state index contributed by atoms with van der Waals surface area (Å²) in [4.78, 5) is 30.7. The molecule has 2 amide bonds. The van der Waals surface area contributed by atoms with Gasteiger partial charge in [0.2, 0.25) is 5.91 Å². The summed E-state index contributed by atoms with van der Waals surface area (Å²) in [7, 11) is 1.85. The number of aryl methyl sites for hydroxylation is 2. The van der Waals surface area contributed by atoms with Crippen molar-refractivity contribution >= 4 is 29.3 Å². The van der Waals surface area contributed by atoms with Gasteiger partial charge in [-0.15, -0.1) is 0 Å². The van der Waals surface area contributed by atoms with E-state index in [4.69, 9.17) is 0 Å². The summed E-state index contributed by atoms with van der Waals surface area (Å²) in [5.74, 6) is 0.181. The van der Waals surface area contributed by atoms with Gasteiger partial charge in [-0.25, -0.2) is 4.98 Å². The number of carbonyl (C=O) groups is 2. The fourth-order valence-corrected chi connectivity index (χ4v) is 3.61. The van der Waals surface area contributed by atoms with E-state index in [0.717, 1.165) is 48.0 Å². The molecule has 7 nitrogen and oxygen atoms in total. The topological polar surface area (TPSA) is 80.1 Å². The van der Waals surface area contributed by atoms with Gasteiger partial charge in [-0.3, -0.25) is 14.3 Å². The molecule has 3 rings (SSSR count). The number of aromatic nitrogens is 3. The molecule has 8 heteroatoms. The second-order valence-corrected chi connectivity index (χ2v) is 7.39. The van der Waals surface area contributed by atoms with E-state index in [1.165, 1.54) is 11.8 Å². The molecule has 26 heavy (non-hydrogen) atoms. The van der Waals surface area contributed by atoms with Crippen LogP contribution in [0.1, 0.15) is 34.6 Å². The number of carbonyl (C=O) groups excluding carboxylic acids is 2. The summed E-state index contributed by atoms with van der Waals surface area (Å²) in [6, 6.07) is 3.57. The average molecular weight is 373 g/mol. The Balaban J connectivity index is 1.54. The van der Waals surface area contributed by atoms with E-state index in [9.17, 15) is 9.59 Å². The molecule has 0 bridgehead atoms. The number of likely N-dealkylation sites (tertiary alicyclic amines) is 1. The molecule has 138 valence electrons. The van der Waals surface area contributed by atoms with Crippen LogP contribution in [0.5, 0.6) is 0 Å². The SMILES string of the molecule is Cc1nn(C)c(C)c1NC(=O)CSc1ccc(C(=O)N2CCCC2)cn1. The molecular weight excluding hydrogens is 350 g/mol. The van der Waals surface area contributed by atoms with E-state index in [-0.39, 0.29) is 17.6 Å². The Morgan fingerprint density at radius 1 is 1.23 bits per heavy atom. The molecule has 0 saturated carbocycles. The predicted octanol–water partition coefficient (Wildman–Crippen LogP) is 2.40. The van der Waals surface area contributed by atoms with E-state index >= 15 is 0 Å². The first-order valence-corrected chi connectivity index (χ1v) is 9.62. The lowest BCUT2D eigenvalue weighted by atomic mass is 10.2. The molecule has 0 atom stereocenters. The van der Waals surface area contributed by atoms with Gasteiger partial charge in [-0.2, -0.15) is 5.10 Å². The smallest absolute Gasteiger partial charge is 0.255 e. The first kappa shape index (κ1) is 18.4. The van der Waals surface area contributed by atoms with Crippen molar-refractivity contribution in [2.45, 2.75) is 31.7 Å². The number of hydrogen-bond donors (Lipinski definition) is 1. The van der Waals surface area contributed by atoms with Gasteiger partial charge in [0.25, 0.3) is 5.91 Å². The van der Waals surface area contributed by atoms with Crippen LogP contribution in [0.15, 0.2) is 23.4 Å². The zero-order valence-electron chi connectivity index (χ0n) is 15.3. The number of pyridine rings is 1. The number of thioether (sulfide) groups is 1. The third-order valence-corrected chi connectivity index (χ3v) is 5.44. The molecule has 0 aliphatic carbocycles. The van der Waals surface area contributed by atoms with Gasteiger partial charge in [-0.05, 0) is 38.8 Å². The van der Waals surface area contributed by atoms with Crippen molar-refractivity contribution in [2.24, 2.45) is 7.05 Å². The van der Waals surface area contributed by atoms with Crippen LogP contribution in [0.2, 0.25) is 0 Å². The molecule has 1 N–H and O–H groups in total. The quantitative estimate of drug-likeness (QED) is 0.814. The van der Waals surface area contributed by atoms with Crippen molar-refractivity contribution in [2.75, 3.05) is 24.2 Å². The molecule has 0 aromatic carbocycles. The molecule has 1 saturated heterocycles. The summed E-state index contributed by atoms with van der Waals surface area (Å²) >= 11 is 1.34. The number of rotatable bonds is 5. The summed E-state index contributed by atoms with van der Waals surface area (Å²) in [5, 5.41) is 7.91. The summed E-state index contributed by atoms with van der Waals surface area (Å²) in [5.41, 5.74) is 3.08. The first-order chi connectivity index (χ1) is 12.5. The fourth-order valence-electron chi connectivity index (χ4n) is 2.96. The maximum atomic E-state index is 12.3. The Labute approximate surface area is 157 Å². The summed E-state index contributed by atoms with van der Waals surface area (Å²) < 4.78 is 1.75. The van der Waals surface area contributed by atoms with Crippen LogP contribution in [-0.2, 0) is 11.8 Å². The van der Waals surface area contributed by atoms with Crippen LogP contribution in [0.3, 0.4) is 0 Å². The van der Waals surface area contributed by atoms with E-state index < -0.39 is 0 Å². The third-order valence-electron chi connectivity index (χ3n) is 4.50. The van der Waals surface area contributed by atoms with Gasteiger partial charge in [0.05, 0.1) is 33.4 Å². The highest BCUT2D eigenvalue weighted by Gasteiger charge is 2.19. The maximum absolute atomic E-state index is 12.3. The Morgan fingerprint density at radius 3 is 2.54 bits per heavy atom. The predicted molar refractivity (Wildman–Crippen MR) is 101 cm³/mol. The monoisotopic (exact) mass is 373 g/mol. The standard InChI is InChI=1S/C18H23N5O2S/c1-12-17(13(2)22(3)21-12)20-15(24)11-26-16-7-6-14(10-19-16)18(25)23-8-4-5-9-23/h6-7,10H,4-5,8-9,11H2,1-3H3,(H,20,24). The van der Waals surface area contributed by atoms with Gasteiger partial charge in [0.1, 0.15) is 0 Å². The van der Waals surface area contributed by atoms with Crippen molar-refractivity contribution in [3.05, 3.63) is 35.3 Å². The van der Waals surface area contributed by atoms with Gasteiger partial charge < -0.3 is 10.2 Å². The Hall–Kier alpha value is -2.35. The van der Waals surface area contributed by atoms with Crippen LogP contribution in [0.25, 0.3) is 0 Å². The largest absolute Gasteiger partial charge is 0.339 e. The van der Waals surface area contributed by atoms with E-state index in [1.54, 1.807) is 23.0 Å². The lowest BCUT2D eigenvalue weighted by Gasteiger charge is -2.14. The zero-order chi connectivity index (χ0) is 18.7. The van der Waals surface area contributed by atoms with Gasteiger partial charge >= 0.3 is 0 Å². The Morgan fingerprint density at radius 2 is 1.96 bits per heavy atom. The maximum Gasteiger partial charge on any atom is 0.255 e. The third kappa shape index (κ3) is 4.07. The summed E-state index contributed by atoms with van der Waals surface area (Å²) in [6.07, 6.45) is 3.73. The molecule has 3 heterocycles. The molecule has 1 aliphatic rings. The highest BCUT2D eigenvalue weighted by atomic mass is 32.2. The lowest BCUT2D eigenvalue weighted by Crippen LogP contribution is -2.27. The Bertz CT molecular complexity index is 810. The number of nitrogens with zero attached hydrogens (tertiary/aromatic N) is 4. The van der Waals surface area contributed by atoms with E-state index in [2.05, 4.69) is 15.4 Å². The fraction of sp³-hybridized carbons (Fsp3) is 0.444. The van der Waals surface area contributed by atoms with Crippen LogP contribution in [0, 0.1) is 13.8 Å². The van der Waals surface area contributed by atoms with Gasteiger partial charge in [0.15, 0.2) is 0 Å². The van der Waals surface area contributed by atoms with Crippen molar-refractivity contribution in [3.63, 3.8) is 0 Å². The highest BCUT2D eigenvalue weighted by Crippen LogP contribution is 2.21. The molecular formula is C18H23N5O2S. The minimum Gasteiger partial charge on any atom is -0.339 e. The van der Waals surface area contributed by atoms with Crippen molar-refractivity contribution < 1.29 is 9.59 Å². The van der Waals surface area contributed by atoms with E-state index in [0.29, 0.717) is 5.56 Å². The molecule has 1 aliphatic heterocycles. The van der Waals surface area contributed by atoms with Crippen molar-refractivity contribution in [3.8, 4) is 0 Å². The zero-order valence-corrected chi connectivity index (χ0v) is 16.1. The molecule has 0 spiro atoms. The van der Waals surface area contributed by atoms with Crippen LogP contribution >= 0.6 is 11.8 Å². The molecule has 1 fully saturated rings. The average Bonchev–Trinajstić information content (AvgIpc) is 3.25. The second kappa shape index (κ2) is 7.90. The van der Waals surface area contributed by atoms with Crippen LogP contribution < -0.4 is 5.32 Å². The van der Waals surface area contributed by atoms with Crippen LogP contribution in [0.4, 0.5) is 5.69 Å². The highest BCUT2D eigenvalue weighted by molar-refractivity contribution is 7.99. The minimum absolute atomic E-state index is 0.0341. The number of amides is 2. The lowest BCUT2D eigenvalue weighted by molar-refractivity contribution is -0.113. The number of anilines is 1. The van der Waals surface area contributed by atoms with Crippen molar-refractivity contribution in [1.29, 1.82) is 0 Å². The summed E-state index contributed by atoms with van der Waals surface area (Å²) in [6.45, 7) is 5.43. The van der Waals surface area contributed by atoms with Gasteiger partial charge in [0, 0.05) is 26.3 Å². The van der Waals surface area contributed by atoms with Gasteiger partial charge in [-0.1, -0.05) is 11.8 Å². The van der Waals surface area contributed by atoms with E-state index in [1.807, 2.05) is 25.8 Å². The number of nitrogens with one attached hydrogen (secondary N) is 1. The van der Waals surface area contributed by atoms with Crippen molar-refractivity contribution in [1.82, 2.24) is 19.7 Å². The normalized spacial score (nSPS) is 13.9. The minimum atomic E-state index is -0.104. The molecule has 2 aromatic heterocycles. The second-order valence-electron chi connectivity index (χ2n) is 6.39. The molecule has 0 unspecified atom stereocenters. The Kier molecular flexibility index (Phi) is 5.61. The molecule has 0 radical (unpaired) electrons. The molecule has 2 aromatic rings. The number of hydrogen-bond acceptors (Lipinski definition) is 5. The first-order valence-electron chi connectivity index (χ1n) is 8.64. The van der Waals surface area contributed by atoms with Crippen LogP contribution in [-0.4, -0.2) is 50.3 Å².